The molecule has 4 nitrogen and oxygen atoms in total. The number of para-hydroxylation sites is 1. The van der Waals surface area contributed by atoms with Crippen molar-refractivity contribution in [1.29, 1.82) is 0 Å². The molecule has 20 heavy (non-hydrogen) atoms. The number of nitrogens with one attached hydrogen (secondary N) is 2. The molecular formula is C15H12ClN3O. The molecule has 0 fully saturated rings. The molecule has 1 amide bonds. The molecule has 0 spiro atoms. The van der Waals surface area contributed by atoms with Gasteiger partial charge in [0.05, 0.1) is 22.4 Å². The molecule has 1 aromatic heterocycles. The summed E-state index contributed by atoms with van der Waals surface area (Å²) in [6.45, 7) is 1.90. The maximum atomic E-state index is 12.3. The van der Waals surface area contributed by atoms with Crippen molar-refractivity contribution in [2.75, 3.05) is 5.32 Å². The van der Waals surface area contributed by atoms with Crippen LogP contribution in [0.5, 0.6) is 0 Å². The number of anilines is 1. The van der Waals surface area contributed by atoms with E-state index in [0.29, 0.717) is 16.3 Å². The third-order valence-electron chi connectivity index (χ3n) is 3.16. The Bertz CT molecular complexity index is 774. The Labute approximate surface area is 120 Å². The fourth-order valence-electron chi connectivity index (χ4n) is 2.05. The van der Waals surface area contributed by atoms with Crippen LogP contribution in [0.25, 0.3) is 10.9 Å². The Balaban J connectivity index is 1.92. The van der Waals surface area contributed by atoms with E-state index in [-0.39, 0.29) is 5.91 Å². The second-order valence-electron chi connectivity index (χ2n) is 4.56. The summed E-state index contributed by atoms with van der Waals surface area (Å²) in [4.78, 5) is 12.3. The van der Waals surface area contributed by atoms with Gasteiger partial charge in [-0.1, -0.05) is 29.8 Å². The summed E-state index contributed by atoms with van der Waals surface area (Å²) >= 11 is 6.11. The molecule has 0 radical (unpaired) electrons. The van der Waals surface area contributed by atoms with Gasteiger partial charge in [0.15, 0.2) is 0 Å². The Morgan fingerprint density at radius 2 is 2.15 bits per heavy atom. The van der Waals surface area contributed by atoms with Crippen LogP contribution in [0.1, 0.15) is 15.9 Å². The molecule has 0 saturated heterocycles. The maximum absolute atomic E-state index is 12.3. The molecule has 2 aromatic carbocycles. The van der Waals surface area contributed by atoms with Crippen LogP contribution < -0.4 is 5.32 Å². The van der Waals surface area contributed by atoms with Crippen LogP contribution in [0.3, 0.4) is 0 Å². The number of hydrogen-bond donors (Lipinski definition) is 2. The lowest BCUT2D eigenvalue weighted by Crippen LogP contribution is -2.13. The normalized spacial score (nSPS) is 10.7. The fraction of sp³-hybridized carbons (Fsp3) is 0.0667. The molecule has 0 saturated carbocycles. The third-order valence-corrected chi connectivity index (χ3v) is 3.48. The lowest BCUT2D eigenvalue weighted by atomic mass is 10.1. The molecule has 1 heterocycles. The number of hydrogen-bond acceptors (Lipinski definition) is 2. The first-order chi connectivity index (χ1) is 9.65. The van der Waals surface area contributed by atoms with Gasteiger partial charge in [-0.25, -0.2) is 0 Å². The zero-order valence-electron chi connectivity index (χ0n) is 10.8. The van der Waals surface area contributed by atoms with E-state index in [0.717, 1.165) is 16.5 Å². The van der Waals surface area contributed by atoms with Crippen molar-refractivity contribution < 1.29 is 4.79 Å². The van der Waals surface area contributed by atoms with Crippen LogP contribution in [0.15, 0.2) is 42.6 Å². The zero-order valence-corrected chi connectivity index (χ0v) is 11.5. The monoisotopic (exact) mass is 285 g/mol. The van der Waals surface area contributed by atoms with E-state index >= 15 is 0 Å². The molecule has 0 aliphatic heterocycles. The summed E-state index contributed by atoms with van der Waals surface area (Å²) in [5.74, 6) is -0.197. The van der Waals surface area contributed by atoms with Crippen molar-refractivity contribution in [2.24, 2.45) is 0 Å². The van der Waals surface area contributed by atoms with Crippen molar-refractivity contribution in [3.63, 3.8) is 0 Å². The highest BCUT2D eigenvalue weighted by Gasteiger charge is 2.11. The molecular weight excluding hydrogens is 274 g/mol. The number of aryl methyl sites for hydroxylation is 1. The first-order valence-electron chi connectivity index (χ1n) is 6.15. The topological polar surface area (TPSA) is 57.8 Å². The SMILES string of the molecule is Cc1cccc(Cl)c1NC(=O)c1ccc2cn[nH]c2c1. The highest BCUT2D eigenvalue weighted by Crippen LogP contribution is 2.26. The van der Waals surface area contributed by atoms with Gasteiger partial charge in [0, 0.05) is 10.9 Å². The second-order valence-corrected chi connectivity index (χ2v) is 4.97. The molecule has 0 aliphatic carbocycles. The average Bonchev–Trinajstić information content (AvgIpc) is 2.90. The number of halogens is 1. The number of nitrogens with zero attached hydrogens (tertiary/aromatic N) is 1. The summed E-state index contributed by atoms with van der Waals surface area (Å²) in [6.07, 6.45) is 1.72. The molecule has 0 bridgehead atoms. The molecule has 100 valence electrons. The standard InChI is InChI=1S/C15H12ClN3O/c1-9-3-2-4-12(16)14(9)18-15(20)10-5-6-11-8-17-19-13(11)7-10/h2-8H,1H3,(H,17,19)(H,18,20). The largest absolute Gasteiger partial charge is 0.320 e. The summed E-state index contributed by atoms with van der Waals surface area (Å²) in [7, 11) is 0. The predicted octanol–water partition coefficient (Wildman–Crippen LogP) is 3.78. The Hall–Kier alpha value is -2.33. The highest BCUT2D eigenvalue weighted by molar-refractivity contribution is 6.34. The van der Waals surface area contributed by atoms with E-state index in [1.54, 1.807) is 24.4 Å². The summed E-state index contributed by atoms with van der Waals surface area (Å²) < 4.78 is 0. The van der Waals surface area contributed by atoms with E-state index in [1.807, 2.05) is 25.1 Å². The number of carbonyl (C=O) groups excluding carboxylic acids is 1. The number of amides is 1. The van der Waals surface area contributed by atoms with Crippen LogP contribution in [-0.4, -0.2) is 16.1 Å². The summed E-state index contributed by atoms with van der Waals surface area (Å²) in [5.41, 5.74) is 2.95. The van der Waals surface area contributed by atoms with Crippen molar-refractivity contribution in [1.82, 2.24) is 10.2 Å². The van der Waals surface area contributed by atoms with Crippen molar-refractivity contribution in [2.45, 2.75) is 6.92 Å². The van der Waals surface area contributed by atoms with E-state index in [9.17, 15) is 4.79 Å². The summed E-state index contributed by atoms with van der Waals surface area (Å²) in [5, 5.41) is 11.1. The van der Waals surface area contributed by atoms with Gasteiger partial charge in [-0.2, -0.15) is 5.10 Å². The van der Waals surface area contributed by atoms with Crippen molar-refractivity contribution >= 4 is 34.1 Å². The minimum Gasteiger partial charge on any atom is -0.320 e. The lowest BCUT2D eigenvalue weighted by Gasteiger charge is -2.10. The van der Waals surface area contributed by atoms with E-state index < -0.39 is 0 Å². The minimum absolute atomic E-state index is 0.197. The number of carbonyl (C=O) groups is 1. The van der Waals surface area contributed by atoms with Crippen LogP contribution in [-0.2, 0) is 0 Å². The number of rotatable bonds is 2. The molecule has 2 N–H and O–H groups in total. The number of aromatic nitrogens is 2. The third kappa shape index (κ3) is 2.26. The van der Waals surface area contributed by atoms with E-state index in [2.05, 4.69) is 15.5 Å². The molecule has 0 atom stereocenters. The number of aromatic amines is 1. The van der Waals surface area contributed by atoms with Crippen LogP contribution >= 0.6 is 11.6 Å². The first-order valence-corrected chi connectivity index (χ1v) is 6.52. The van der Waals surface area contributed by atoms with Gasteiger partial charge in [-0.15, -0.1) is 0 Å². The number of benzene rings is 2. The first kappa shape index (κ1) is 12.7. The van der Waals surface area contributed by atoms with Crippen molar-refractivity contribution in [3.8, 4) is 0 Å². The molecule has 3 rings (SSSR count). The van der Waals surface area contributed by atoms with Crippen LogP contribution in [0.4, 0.5) is 5.69 Å². The Kier molecular flexibility index (Phi) is 3.16. The van der Waals surface area contributed by atoms with Gasteiger partial charge >= 0.3 is 0 Å². The predicted molar refractivity (Wildman–Crippen MR) is 80.2 cm³/mol. The zero-order chi connectivity index (χ0) is 14.1. The minimum atomic E-state index is -0.197. The smallest absolute Gasteiger partial charge is 0.255 e. The second kappa shape index (κ2) is 4.98. The van der Waals surface area contributed by atoms with Crippen LogP contribution in [0.2, 0.25) is 5.02 Å². The van der Waals surface area contributed by atoms with Gasteiger partial charge < -0.3 is 5.32 Å². The molecule has 3 aromatic rings. The number of H-pyrrole nitrogens is 1. The quantitative estimate of drug-likeness (QED) is 0.753. The van der Waals surface area contributed by atoms with Gasteiger partial charge in [-0.05, 0) is 30.7 Å². The Morgan fingerprint density at radius 3 is 2.95 bits per heavy atom. The van der Waals surface area contributed by atoms with Gasteiger partial charge in [0.25, 0.3) is 5.91 Å². The van der Waals surface area contributed by atoms with Gasteiger partial charge in [0.2, 0.25) is 0 Å². The van der Waals surface area contributed by atoms with Gasteiger partial charge in [0.1, 0.15) is 0 Å². The molecule has 0 aliphatic rings. The summed E-state index contributed by atoms with van der Waals surface area (Å²) in [6, 6.07) is 10.9. The Morgan fingerprint density at radius 1 is 1.30 bits per heavy atom. The maximum Gasteiger partial charge on any atom is 0.255 e. The van der Waals surface area contributed by atoms with Gasteiger partial charge in [-0.3, -0.25) is 9.89 Å². The lowest BCUT2D eigenvalue weighted by molar-refractivity contribution is 0.102. The molecule has 0 unspecified atom stereocenters. The molecule has 5 heteroatoms. The van der Waals surface area contributed by atoms with Crippen molar-refractivity contribution in [3.05, 3.63) is 58.7 Å². The highest BCUT2D eigenvalue weighted by atomic mass is 35.5. The van der Waals surface area contributed by atoms with E-state index in [1.165, 1.54) is 0 Å². The fourth-order valence-corrected chi connectivity index (χ4v) is 2.32. The average molecular weight is 286 g/mol. The van der Waals surface area contributed by atoms with Crippen LogP contribution in [0, 0.1) is 6.92 Å². The number of fused-ring (bicyclic) bond motifs is 1. The van der Waals surface area contributed by atoms with E-state index in [4.69, 9.17) is 11.6 Å².